The van der Waals surface area contributed by atoms with Crippen molar-refractivity contribution in [2.75, 3.05) is 20.2 Å². The van der Waals surface area contributed by atoms with Crippen molar-refractivity contribution in [3.05, 3.63) is 47.3 Å². The van der Waals surface area contributed by atoms with Gasteiger partial charge in [-0.25, -0.2) is 9.97 Å². The number of carbonyl (C=O) groups is 3. The number of piperidine rings is 1. The molecule has 194 valence electrons. The molecule has 4 heterocycles. The van der Waals surface area contributed by atoms with E-state index in [0.717, 1.165) is 49.2 Å². The molecule has 10 nitrogen and oxygen atoms in total. The SMILES string of the molecule is COc1ncc(C2CN(C3CCCCC3Oc3ccc4c(c3)CN(C3CCC(=O)NC3=O)C4=O)C2)cn1. The van der Waals surface area contributed by atoms with Gasteiger partial charge in [-0.3, -0.25) is 24.6 Å². The third-order valence-corrected chi connectivity index (χ3v) is 8.13. The Labute approximate surface area is 215 Å². The number of nitrogens with one attached hydrogen (secondary N) is 1. The van der Waals surface area contributed by atoms with Crippen molar-refractivity contribution in [3.8, 4) is 11.8 Å². The van der Waals surface area contributed by atoms with Crippen LogP contribution in [0.15, 0.2) is 30.6 Å². The highest BCUT2D eigenvalue weighted by Crippen LogP contribution is 2.36. The number of likely N-dealkylation sites (tertiary alicyclic amines) is 1. The van der Waals surface area contributed by atoms with Gasteiger partial charge in [0.1, 0.15) is 17.9 Å². The molecule has 1 saturated carbocycles. The first kappa shape index (κ1) is 23.8. The summed E-state index contributed by atoms with van der Waals surface area (Å²) in [5.74, 6) is 0.328. The summed E-state index contributed by atoms with van der Waals surface area (Å²) < 4.78 is 11.6. The van der Waals surface area contributed by atoms with Gasteiger partial charge < -0.3 is 14.4 Å². The minimum atomic E-state index is -0.611. The molecule has 1 aromatic carbocycles. The number of imide groups is 1. The third-order valence-electron chi connectivity index (χ3n) is 8.13. The highest BCUT2D eigenvalue weighted by Gasteiger charge is 2.41. The molecule has 37 heavy (non-hydrogen) atoms. The quantitative estimate of drug-likeness (QED) is 0.594. The smallest absolute Gasteiger partial charge is 0.316 e. The van der Waals surface area contributed by atoms with E-state index in [1.54, 1.807) is 18.1 Å². The van der Waals surface area contributed by atoms with Gasteiger partial charge in [0.2, 0.25) is 11.8 Å². The molecular weight excluding hydrogens is 474 g/mol. The maximum Gasteiger partial charge on any atom is 0.316 e. The number of ether oxygens (including phenoxy) is 2. The molecule has 10 heteroatoms. The van der Waals surface area contributed by atoms with Crippen LogP contribution in [0.1, 0.15) is 65.9 Å². The van der Waals surface area contributed by atoms with Crippen molar-refractivity contribution in [2.45, 2.75) is 69.2 Å². The number of hydrogen-bond donors (Lipinski definition) is 1. The van der Waals surface area contributed by atoms with E-state index in [4.69, 9.17) is 9.47 Å². The minimum absolute atomic E-state index is 0.0863. The molecule has 2 saturated heterocycles. The van der Waals surface area contributed by atoms with Crippen molar-refractivity contribution < 1.29 is 23.9 Å². The van der Waals surface area contributed by atoms with Crippen LogP contribution < -0.4 is 14.8 Å². The number of fused-ring (bicyclic) bond motifs is 1. The average Bonchev–Trinajstić information content (AvgIpc) is 3.20. The fourth-order valence-corrected chi connectivity index (χ4v) is 6.07. The number of methoxy groups -OCH3 is 1. The molecule has 6 rings (SSSR count). The molecule has 2 aromatic rings. The predicted octanol–water partition coefficient (Wildman–Crippen LogP) is 2.04. The molecule has 3 amide bonds. The number of aromatic nitrogens is 2. The first-order valence-corrected chi connectivity index (χ1v) is 13.0. The van der Waals surface area contributed by atoms with E-state index in [0.29, 0.717) is 36.5 Å². The molecule has 3 unspecified atom stereocenters. The van der Waals surface area contributed by atoms with E-state index in [9.17, 15) is 14.4 Å². The molecule has 0 spiro atoms. The highest BCUT2D eigenvalue weighted by molar-refractivity contribution is 6.05. The Morgan fingerprint density at radius 2 is 1.81 bits per heavy atom. The second-order valence-corrected chi connectivity index (χ2v) is 10.4. The van der Waals surface area contributed by atoms with Crippen molar-refractivity contribution in [1.82, 2.24) is 25.1 Å². The summed E-state index contributed by atoms with van der Waals surface area (Å²) in [4.78, 5) is 49.4. The van der Waals surface area contributed by atoms with Crippen LogP contribution in [-0.4, -0.2) is 75.9 Å². The van der Waals surface area contributed by atoms with Crippen LogP contribution in [0.3, 0.4) is 0 Å². The molecule has 0 radical (unpaired) electrons. The fourth-order valence-electron chi connectivity index (χ4n) is 6.07. The molecule has 3 aliphatic heterocycles. The van der Waals surface area contributed by atoms with Crippen LogP contribution in [0.2, 0.25) is 0 Å². The number of rotatable bonds is 6. The molecule has 0 bridgehead atoms. The Balaban J connectivity index is 1.10. The van der Waals surface area contributed by atoms with Gasteiger partial charge in [-0.15, -0.1) is 0 Å². The fraction of sp³-hybridized carbons (Fsp3) is 0.519. The normalized spacial score (nSPS) is 26.5. The van der Waals surface area contributed by atoms with Crippen molar-refractivity contribution in [1.29, 1.82) is 0 Å². The Hall–Kier alpha value is -3.53. The van der Waals surface area contributed by atoms with E-state index in [-0.39, 0.29) is 24.3 Å². The zero-order chi connectivity index (χ0) is 25.5. The van der Waals surface area contributed by atoms with Crippen LogP contribution >= 0.6 is 0 Å². The van der Waals surface area contributed by atoms with E-state index >= 15 is 0 Å². The Bertz CT molecular complexity index is 1210. The summed E-state index contributed by atoms with van der Waals surface area (Å²) in [5.41, 5.74) is 2.60. The van der Waals surface area contributed by atoms with E-state index < -0.39 is 11.9 Å². The van der Waals surface area contributed by atoms with Crippen molar-refractivity contribution in [3.63, 3.8) is 0 Å². The zero-order valence-electron chi connectivity index (χ0n) is 20.9. The second kappa shape index (κ2) is 9.74. The molecular formula is C27H31N5O5. The lowest BCUT2D eigenvalue weighted by Gasteiger charge is -2.48. The van der Waals surface area contributed by atoms with Gasteiger partial charge in [-0.1, -0.05) is 6.42 Å². The minimum Gasteiger partial charge on any atom is -0.489 e. The predicted molar refractivity (Wildman–Crippen MR) is 132 cm³/mol. The Morgan fingerprint density at radius 1 is 1.03 bits per heavy atom. The van der Waals surface area contributed by atoms with Crippen LogP contribution in [0.25, 0.3) is 0 Å². The summed E-state index contributed by atoms with van der Waals surface area (Å²) in [7, 11) is 1.57. The van der Waals surface area contributed by atoms with Crippen molar-refractivity contribution in [2.24, 2.45) is 0 Å². The number of benzene rings is 1. The standard InChI is InChI=1S/C27H31N5O5/c1-36-27-28-11-17(12-29-27)18-13-31(14-18)21-4-2-3-5-23(21)37-19-6-7-20-16(10-19)15-32(26(20)35)22-8-9-24(33)30-25(22)34/h6-7,10-12,18,21-23H,2-5,8-9,13-15H2,1H3,(H,30,33,34). The van der Waals surface area contributed by atoms with Crippen molar-refractivity contribution >= 4 is 17.7 Å². The van der Waals surface area contributed by atoms with E-state index in [2.05, 4.69) is 20.2 Å². The highest BCUT2D eigenvalue weighted by atomic mass is 16.5. The van der Waals surface area contributed by atoms with E-state index in [1.165, 1.54) is 6.42 Å². The van der Waals surface area contributed by atoms with Crippen LogP contribution in [0.5, 0.6) is 11.8 Å². The molecule has 3 fully saturated rings. The lowest BCUT2D eigenvalue weighted by Crippen LogP contribution is -2.57. The molecule has 3 atom stereocenters. The van der Waals surface area contributed by atoms with Gasteiger partial charge in [-0.05, 0) is 55.0 Å². The molecule has 1 aromatic heterocycles. The third kappa shape index (κ3) is 4.54. The lowest BCUT2D eigenvalue weighted by atomic mass is 9.85. The summed E-state index contributed by atoms with van der Waals surface area (Å²) in [5, 5.41) is 2.35. The molecule has 4 aliphatic rings. The van der Waals surface area contributed by atoms with Gasteiger partial charge >= 0.3 is 6.01 Å². The summed E-state index contributed by atoms with van der Waals surface area (Å²) in [6, 6.07) is 5.73. The van der Waals surface area contributed by atoms with Gasteiger partial charge in [0.25, 0.3) is 5.91 Å². The van der Waals surface area contributed by atoms with Gasteiger partial charge in [0.15, 0.2) is 0 Å². The maximum absolute atomic E-state index is 13.0. The van der Waals surface area contributed by atoms with Crippen LogP contribution in [-0.2, 0) is 16.1 Å². The monoisotopic (exact) mass is 505 g/mol. The maximum atomic E-state index is 13.0. The Kier molecular flexibility index (Phi) is 6.27. The Morgan fingerprint density at radius 3 is 2.57 bits per heavy atom. The summed E-state index contributed by atoms with van der Waals surface area (Å²) >= 11 is 0. The number of carbonyl (C=O) groups excluding carboxylic acids is 3. The van der Waals surface area contributed by atoms with Gasteiger partial charge in [-0.2, -0.15) is 0 Å². The zero-order valence-corrected chi connectivity index (χ0v) is 20.9. The summed E-state index contributed by atoms with van der Waals surface area (Å²) in [6.07, 6.45) is 8.82. The van der Waals surface area contributed by atoms with Gasteiger partial charge in [0.05, 0.1) is 7.11 Å². The summed E-state index contributed by atoms with van der Waals surface area (Å²) in [6.45, 7) is 2.27. The number of amides is 3. The van der Waals surface area contributed by atoms with Crippen LogP contribution in [0, 0.1) is 0 Å². The average molecular weight is 506 g/mol. The molecule has 1 N–H and O–H groups in total. The number of hydrogen-bond acceptors (Lipinski definition) is 8. The van der Waals surface area contributed by atoms with E-state index in [1.807, 2.05) is 24.5 Å². The molecule has 1 aliphatic carbocycles. The number of nitrogens with zero attached hydrogens (tertiary/aromatic N) is 4. The second-order valence-electron chi connectivity index (χ2n) is 10.4. The lowest BCUT2D eigenvalue weighted by molar-refractivity contribution is -0.136. The largest absolute Gasteiger partial charge is 0.489 e. The topological polar surface area (TPSA) is 114 Å². The van der Waals surface area contributed by atoms with Crippen LogP contribution in [0.4, 0.5) is 0 Å². The first-order valence-electron chi connectivity index (χ1n) is 13.0. The first-order chi connectivity index (χ1) is 18.0. The van der Waals surface area contributed by atoms with Gasteiger partial charge in [0, 0.05) is 56.0 Å².